The van der Waals surface area contributed by atoms with Crippen LogP contribution in [0.3, 0.4) is 0 Å². The fourth-order valence-electron chi connectivity index (χ4n) is 0.718. The molecular formula is C10H17NO4. The number of ether oxygens (including phenoxy) is 1. The molecule has 0 aliphatic rings. The van der Waals surface area contributed by atoms with E-state index in [1.807, 2.05) is 0 Å². The third kappa shape index (κ3) is 6.68. The van der Waals surface area contributed by atoms with Crippen LogP contribution in [0.5, 0.6) is 0 Å². The van der Waals surface area contributed by atoms with Gasteiger partial charge in [0.2, 0.25) is 5.91 Å². The van der Waals surface area contributed by atoms with Gasteiger partial charge in [-0.15, -0.1) is 0 Å². The number of esters is 1. The number of nitrogens with one attached hydrogen (secondary N) is 1. The summed E-state index contributed by atoms with van der Waals surface area (Å²) in [6, 6.07) is 0. The fraction of sp³-hybridized carbons (Fsp3) is 0.600. The first-order valence-corrected chi connectivity index (χ1v) is 4.73. The van der Waals surface area contributed by atoms with E-state index >= 15 is 0 Å². The van der Waals surface area contributed by atoms with E-state index in [2.05, 4.69) is 16.6 Å². The Kier molecular flexibility index (Phi) is 6.37. The maximum Gasteiger partial charge on any atom is 0.334 e. The SMILES string of the molecule is C=C(C)C(=O)NCCCOC(=O)C(C)O. The molecule has 1 atom stereocenters. The van der Waals surface area contributed by atoms with E-state index in [0.29, 0.717) is 18.5 Å². The van der Waals surface area contributed by atoms with Gasteiger partial charge in [-0.05, 0) is 20.3 Å². The average molecular weight is 215 g/mol. The van der Waals surface area contributed by atoms with Gasteiger partial charge in [0.15, 0.2) is 0 Å². The van der Waals surface area contributed by atoms with Crippen LogP contribution < -0.4 is 5.32 Å². The second-order valence-corrected chi connectivity index (χ2v) is 3.23. The second kappa shape index (κ2) is 7.00. The van der Waals surface area contributed by atoms with Gasteiger partial charge in [0.05, 0.1) is 6.61 Å². The molecule has 0 spiro atoms. The lowest BCUT2D eigenvalue weighted by atomic mass is 10.3. The molecular weight excluding hydrogens is 198 g/mol. The highest BCUT2D eigenvalue weighted by molar-refractivity contribution is 5.91. The van der Waals surface area contributed by atoms with Gasteiger partial charge in [-0.25, -0.2) is 4.79 Å². The predicted molar refractivity (Wildman–Crippen MR) is 55.1 cm³/mol. The lowest BCUT2D eigenvalue weighted by Crippen LogP contribution is -2.26. The minimum Gasteiger partial charge on any atom is -0.464 e. The van der Waals surface area contributed by atoms with Crippen LogP contribution in [0.25, 0.3) is 0 Å². The van der Waals surface area contributed by atoms with Crippen LogP contribution in [0.2, 0.25) is 0 Å². The number of hydrogen-bond acceptors (Lipinski definition) is 4. The number of hydrogen-bond donors (Lipinski definition) is 2. The van der Waals surface area contributed by atoms with Gasteiger partial charge in [0, 0.05) is 12.1 Å². The Morgan fingerprint density at radius 3 is 2.60 bits per heavy atom. The van der Waals surface area contributed by atoms with Gasteiger partial charge in [-0.2, -0.15) is 0 Å². The summed E-state index contributed by atoms with van der Waals surface area (Å²) in [5, 5.41) is 11.4. The average Bonchev–Trinajstić information content (AvgIpc) is 2.16. The van der Waals surface area contributed by atoms with E-state index in [1.165, 1.54) is 6.92 Å². The highest BCUT2D eigenvalue weighted by Gasteiger charge is 2.09. The summed E-state index contributed by atoms with van der Waals surface area (Å²) >= 11 is 0. The summed E-state index contributed by atoms with van der Waals surface area (Å²) in [5.41, 5.74) is 0.441. The van der Waals surface area contributed by atoms with Crippen LogP contribution in [0, 0.1) is 0 Å². The van der Waals surface area contributed by atoms with Crippen LogP contribution in [-0.4, -0.2) is 36.2 Å². The van der Waals surface area contributed by atoms with Crippen molar-refractivity contribution in [3.8, 4) is 0 Å². The summed E-state index contributed by atoms with van der Waals surface area (Å²) in [7, 11) is 0. The molecule has 1 amide bonds. The first-order valence-electron chi connectivity index (χ1n) is 4.73. The largest absolute Gasteiger partial charge is 0.464 e. The molecule has 0 rings (SSSR count). The number of carbonyl (C=O) groups excluding carboxylic acids is 2. The molecule has 1 unspecified atom stereocenters. The number of carbonyl (C=O) groups is 2. The normalized spacial score (nSPS) is 11.7. The van der Waals surface area contributed by atoms with E-state index in [-0.39, 0.29) is 12.5 Å². The summed E-state index contributed by atoms with van der Waals surface area (Å²) < 4.78 is 4.68. The third-order valence-electron chi connectivity index (χ3n) is 1.58. The van der Waals surface area contributed by atoms with Crippen molar-refractivity contribution in [3.05, 3.63) is 12.2 Å². The van der Waals surface area contributed by atoms with E-state index < -0.39 is 12.1 Å². The molecule has 0 aromatic carbocycles. The zero-order valence-corrected chi connectivity index (χ0v) is 9.08. The molecule has 0 bridgehead atoms. The summed E-state index contributed by atoms with van der Waals surface area (Å²) in [6.45, 7) is 7.02. The van der Waals surface area contributed by atoms with E-state index in [1.54, 1.807) is 6.92 Å². The van der Waals surface area contributed by atoms with Crippen molar-refractivity contribution in [1.82, 2.24) is 5.32 Å². The molecule has 0 radical (unpaired) electrons. The second-order valence-electron chi connectivity index (χ2n) is 3.23. The highest BCUT2D eigenvalue weighted by Crippen LogP contribution is 1.90. The summed E-state index contributed by atoms with van der Waals surface area (Å²) in [6.07, 6.45) is -0.590. The van der Waals surface area contributed by atoms with Gasteiger partial charge in [-0.3, -0.25) is 4.79 Å². The van der Waals surface area contributed by atoms with Crippen molar-refractivity contribution in [2.45, 2.75) is 26.4 Å². The molecule has 0 saturated carbocycles. The maximum absolute atomic E-state index is 11.0. The van der Waals surface area contributed by atoms with Crippen LogP contribution in [-0.2, 0) is 14.3 Å². The Hall–Kier alpha value is -1.36. The summed E-state index contributed by atoms with van der Waals surface area (Å²) in [4.78, 5) is 21.8. The van der Waals surface area contributed by atoms with Gasteiger partial charge < -0.3 is 15.2 Å². The minimum absolute atomic E-state index is 0.181. The topological polar surface area (TPSA) is 75.6 Å². The van der Waals surface area contributed by atoms with E-state index in [9.17, 15) is 9.59 Å². The Balaban J connectivity index is 3.44. The van der Waals surface area contributed by atoms with Crippen LogP contribution in [0.4, 0.5) is 0 Å². The molecule has 0 aromatic rings. The van der Waals surface area contributed by atoms with Crippen molar-refractivity contribution in [2.24, 2.45) is 0 Å². The monoisotopic (exact) mass is 215 g/mol. The zero-order chi connectivity index (χ0) is 11.8. The number of amides is 1. The molecule has 0 saturated heterocycles. The standard InChI is InChI=1S/C10H17NO4/c1-7(2)9(13)11-5-4-6-15-10(14)8(3)12/h8,12H,1,4-6H2,2-3H3,(H,11,13). The maximum atomic E-state index is 11.0. The molecule has 0 aliphatic carbocycles. The molecule has 0 fully saturated rings. The Morgan fingerprint density at radius 2 is 2.13 bits per heavy atom. The Bertz CT molecular complexity index is 248. The lowest BCUT2D eigenvalue weighted by molar-refractivity contribution is -0.152. The van der Waals surface area contributed by atoms with E-state index in [4.69, 9.17) is 5.11 Å². The highest BCUT2D eigenvalue weighted by atomic mass is 16.5. The molecule has 15 heavy (non-hydrogen) atoms. The zero-order valence-electron chi connectivity index (χ0n) is 9.08. The van der Waals surface area contributed by atoms with Crippen molar-refractivity contribution in [1.29, 1.82) is 0 Å². The molecule has 5 heteroatoms. The number of aliphatic hydroxyl groups is 1. The summed E-state index contributed by atoms with van der Waals surface area (Å²) in [5.74, 6) is -0.863. The van der Waals surface area contributed by atoms with Crippen molar-refractivity contribution in [3.63, 3.8) is 0 Å². The molecule has 0 heterocycles. The Labute approximate surface area is 89.1 Å². The molecule has 5 nitrogen and oxygen atoms in total. The van der Waals surface area contributed by atoms with Crippen LogP contribution >= 0.6 is 0 Å². The lowest BCUT2D eigenvalue weighted by Gasteiger charge is -2.07. The van der Waals surface area contributed by atoms with Crippen LogP contribution in [0.15, 0.2) is 12.2 Å². The van der Waals surface area contributed by atoms with Gasteiger partial charge >= 0.3 is 5.97 Å². The first-order chi connectivity index (χ1) is 6.95. The molecule has 86 valence electrons. The molecule has 2 N–H and O–H groups in total. The molecule has 0 aromatic heterocycles. The number of aliphatic hydroxyl groups excluding tert-OH is 1. The van der Waals surface area contributed by atoms with E-state index in [0.717, 1.165) is 0 Å². The third-order valence-corrected chi connectivity index (χ3v) is 1.58. The first kappa shape index (κ1) is 13.6. The minimum atomic E-state index is -1.10. The quantitative estimate of drug-likeness (QED) is 0.371. The fourth-order valence-corrected chi connectivity index (χ4v) is 0.718. The van der Waals surface area contributed by atoms with Crippen molar-refractivity contribution < 1.29 is 19.4 Å². The molecule has 0 aliphatic heterocycles. The number of rotatable bonds is 6. The smallest absolute Gasteiger partial charge is 0.334 e. The van der Waals surface area contributed by atoms with Gasteiger partial charge in [-0.1, -0.05) is 6.58 Å². The van der Waals surface area contributed by atoms with Gasteiger partial charge in [0.25, 0.3) is 0 Å². The van der Waals surface area contributed by atoms with Gasteiger partial charge in [0.1, 0.15) is 6.10 Å². The van der Waals surface area contributed by atoms with Crippen molar-refractivity contribution in [2.75, 3.05) is 13.2 Å². The predicted octanol–water partition coefficient (Wildman–Crippen LogP) is -0.00720. The Morgan fingerprint density at radius 1 is 1.53 bits per heavy atom. The van der Waals surface area contributed by atoms with Crippen LogP contribution in [0.1, 0.15) is 20.3 Å². The van der Waals surface area contributed by atoms with Crippen molar-refractivity contribution >= 4 is 11.9 Å².